The third-order valence-corrected chi connectivity index (χ3v) is 4.48. The van der Waals surface area contributed by atoms with Crippen LogP contribution in [-0.4, -0.2) is 27.3 Å². The molecule has 0 aliphatic rings. The van der Waals surface area contributed by atoms with Crippen molar-refractivity contribution in [1.29, 1.82) is 0 Å². The highest BCUT2D eigenvalue weighted by molar-refractivity contribution is 5.81. The molecule has 6 nitrogen and oxygen atoms in total. The molecule has 0 spiro atoms. The second kappa shape index (κ2) is 7.34. The number of nitrogens with zero attached hydrogens (tertiary/aromatic N) is 3. The van der Waals surface area contributed by atoms with Crippen LogP contribution in [0.3, 0.4) is 0 Å². The zero-order valence-corrected chi connectivity index (χ0v) is 14.8. The Morgan fingerprint density at radius 3 is 2.84 bits per heavy atom. The van der Waals surface area contributed by atoms with Gasteiger partial charge in [0, 0.05) is 36.4 Å². The predicted molar refractivity (Wildman–Crippen MR) is 98.3 cm³/mol. The van der Waals surface area contributed by atoms with Crippen molar-refractivity contribution >= 4 is 16.9 Å². The second-order valence-electron chi connectivity index (χ2n) is 6.17. The minimum absolute atomic E-state index is 0.0899. The van der Waals surface area contributed by atoms with Crippen LogP contribution in [0.15, 0.2) is 42.7 Å². The summed E-state index contributed by atoms with van der Waals surface area (Å²) in [5, 5.41) is 11.2. The van der Waals surface area contributed by atoms with E-state index in [1.54, 1.807) is 17.1 Å². The van der Waals surface area contributed by atoms with Gasteiger partial charge in [0.05, 0.1) is 17.8 Å². The largest absolute Gasteiger partial charge is 0.338 e. The highest BCUT2D eigenvalue weighted by Crippen LogP contribution is 2.17. The number of aryl methyl sites for hydroxylation is 1. The smallest absolute Gasteiger partial charge is 0.315 e. The minimum atomic E-state index is -0.177. The summed E-state index contributed by atoms with van der Waals surface area (Å²) >= 11 is 0. The zero-order valence-electron chi connectivity index (χ0n) is 14.8. The summed E-state index contributed by atoms with van der Waals surface area (Å²) in [7, 11) is 1.89. The highest BCUT2D eigenvalue weighted by Gasteiger charge is 2.14. The van der Waals surface area contributed by atoms with E-state index in [1.165, 1.54) is 0 Å². The Kier molecular flexibility index (Phi) is 4.97. The quantitative estimate of drug-likeness (QED) is 0.752. The second-order valence-corrected chi connectivity index (χ2v) is 6.17. The third-order valence-electron chi connectivity index (χ3n) is 4.48. The summed E-state index contributed by atoms with van der Waals surface area (Å²) < 4.78 is 1.80. The molecule has 3 aromatic rings. The summed E-state index contributed by atoms with van der Waals surface area (Å²) in [6, 6.07) is 9.83. The lowest BCUT2D eigenvalue weighted by Gasteiger charge is -2.14. The number of nitrogens with one attached hydrogen (secondary N) is 2. The van der Waals surface area contributed by atoms with Gasteiger partial charge in [0.15, 0.2) is 0 Å². The molecule has 0 saturated carbocycles. The maximum Gasteiger partial charge on any atom is 0.315 e. The van der Waals surface area contributed by atoms with Crippen LogP contribution < -0.4 is 10.6 Å². The number of hydrogen-bond acceptors (Lipinski definition) is 3. The maximum atomic E-state index is 12.1. The molecule has 1 atom stereocenters. The first kappa shape index (κ1) is 17.0. The van der Waals surface area contributed by atoms with Crippen molar-refractivity contribution in [2.45, 2.75) is 26.3 Å². The zero-order chi connectivity index (χ0) is 17.8. The summed E-state index contributed by atoms with van der Waals surface area (Å²) in [4.78, 5) is 16.6. The number of fused-ring (bicyclic) bond motifs is 1. The van der Waals surface area contributed by atoms with E-state index in [0.29, 0.717) is 6.54 Å². The lowest BCUT2D eigenvalue weighted by atomic mass is 10.1. The van der Waals surface area contributed by atoms with Crippen molar-refractivity contribution in [2.75, 3.05) is 6.54 Å². The molecule has 130 valence electrons. The van der Waals surface area contributed by atoms with E-state index in [4.69, 9.17) is 0 Å². The first-order valence-electron chi connectivity index (χ1n) is 8.41. The van der Waals surface area contributed by atoms with Crippen molar-refractivity contribution in [2.24, 2.45) is 7.05 Å². The molecule has 3 rings (SSSR count). The Labute approximate surface area is 147 Å². The maximum absolute atomic E-state index is 12.1. The van der Waals surface area contributed by atoms with Gasteiger partial charge < -0.3 is 10.6 Å². The monoisotopic (exact) mass is 337 g/mol. The van der Waals surface area contributed by atoms with Gasteiger partial charge in [-0.25, -0.2) is 4.79 Å². The van der Waals surface area contributed by atoms with Crippen molar-refractivity contribution in [1.82, 2.24) is 25.4 Å². The van der Waals surface area contributed by atoms with Gasteiger partial charge in [0.1, 0.15) is 0 Å². The summed E-state index contributed by atoms with van der Waals surface area (Å²) in [6.07, 6.45) is 4.33. The molecule has 0 saturated heterocycles. The SMILES string of the molecule is Cc1c(C(C)NC(=O)NCCc2cccc3cccnc23)cnn1C. The van der Waals surface area contributed by atoms with E-state index in [9.17, 15) is 4.79 Å². The lowest BCUT2D eigenvalue weighted by Crippen LogP contribution is -2.38. The number of aromatic nitrogens is 3. The molecule has 1 unspecified atom stereocenters. The lowest BCUT2D eigenvalue weighted by molar-refractivity contribution is 0.238. The van der Waals surface area contributed by atoms with Crippen LogP contribution in [0.25, 0.3) is 10.9 Å². The number of rotatable bonds is 5. The number of carbonyl (C=O) groups excluding carboxylic acids is 1. The standard InChI is InChI=1S/C19H23N5O/c1-13(17-12-22-24(3)14(17)2)23-19(25)21-11-9-16-7-4-6-15-8-5-10-20-18(15)16/h4-8,10,12-13H,9,11H2,1-3H3,(H2,21,23,25). The number of amides is 2. The summed E-state index contributed by atoms with van der Waals surface area (Å²) in [5.41, 5.74) is 4.20. The number of para-hydroxylation sites is 1. The van der Waals surface area contributed by atoms with Crippen LogP contribution in [0, 0.1) is 6.92 Å². The third kappa shape index (κ3) is 3.79. The molecular formula is C19H23N5O. The van der Waals surface area contributed by atoms with Gasteiger partial charge in [0.2, 0.25) is 0 Å². The Morgan fingerprint density at radius 1 is 1.28 bits per heavy atom. The van der Waals surface area contributed by atoms with E-state index in [1.807, 2.05) is 45.2 Å². The highest BCUT2D eigenvalue weighted by atomic mass is 16.2. The molecule has 2 amide bonds. The minimum Gasteiger partial charge on any atom is -0.338 e. The van der Waals surface area contributed by atoms with E-state index in [0.717, 1.165) is 34.1 Å². The van der Waals surface area contributed by atoms with Crippen molar-refractivity contribution in [3.8, 4) is 0 Å². The molecule has 0 aliphatic carbocycles. The van der Waals surface area contributed by atoms with Crippen LogP contribution in [0.4, 0.5) is 4.79 Å². The van der Waals surface area contributed by atoms with Crippen molar-refractivity contribution in [3.63, 3.8) is 0 Å². The molecule has 0 fully saturated rings. The average molecular weight is 337 g/mol. The Balaban J connectivity index is 1.55. The van der Waals surface area contributed by atoms with E-state index in [2.05, 4.69) is 26.8 Å². The average Bonchev–Trinajstić information content (AvgIpc) is 2.94. The van der Waals surface area contributed by atoms with Crippen LogP contribution in [0.5, 0.6) is 0 Å². The van der Waals surface area contributed by atoms with Crippen molar-refractivity contribution in [3.05, 3.63) is 59.5 Å². The molecule has 6 heteroatoms. The van der Waals surface area contributed by atoms with Gasteiger partial charge in [-0.2, -0.15) is 5.10 Å². The molecule has 2 aromatic heterocycles. The van der Waals surface area contributed by atoms with Gasteiger partial charge in [-0.1, -0.05) is 24.3 Å². The Hall–Kier alpha value is -2.89. The van der Waals surface area contributed by atoms with E-state index in [-0.39, 0.29) is 12.1 Å². The van der Waals surface area contributed by atoms with E-state index >= 15 is 0 Å². The Morgan fingerprint density at radius 2 is 2.08 bits per heavy atom. The molecular weight excluding hydrogens is 314 g/mol. The number of benzene rings is 1. The molecule has 0 bridgehead atoms. The number of carbonyl (C=O) groups is 1. The summed E-state index contributed by atoms with van der Waals surface area (Å²) in [5.74, 6) is 0. The molecule has 2 heterocycles. The first-order chi connectivity index (χ1) is 12.1. The number of hydrogen-bond donors (Lipinski definition) is 2. The molecule has 0 aliphatic heterocycles. The summed E-state index contributed by atoms with van der Waals surface area (Å²) in [6.45, 7) is 4.50. The number of urea groups is 1. The fourth-order valence-corrected chi connectivity index (χ4v) is 2.95. The topological polar surface area (TPSA) is 71.8 Å². The van der Waals surface area contributed by atoms with Gasteiger partial charge in [-0.05, 0) is 31.9 Å². The molecule has 0 radical (unpaired) electrons. The Bertz CT molecular complexity index is 881. The van der Waals surface area contributed by atoms with Gasteiger partial charge >= 0.3 is 6.03 Å². The van der Waals surface area contributed by atoms with Crippen LogP contribution in [0.2, 0.25) is 0 Å². The normalized spacial score (nSPS) is 12.1. The van der Waals surface area contributed by atoms with Crippen molar-refractivity contribution < 1.29 is 4.79 Å². The fraction of sp³-hybridized carbons (Fsp3) is 0.316. The van der Waals surface area contributed by atoms with Crippen LogP contribution in [0.1, 0.15) is 29.8 Å². The predicted octanol–water partition coefficient (Wildman–Crippen LogP) is 2.88. The molecule has 25 heavy (non-hydrogen) atoms. The number of pyridine rings is 1. The fourth-order valence-electron chi connectivity index (χ4n) is 2.95. The first-order valence-corrected chi connectivity index (χ1v) is 8.41. The van der Waals surface area contributed by atoms with Crippen LogP contribution in [-0.2, 0) is 13.5 Å². The van der Waals surface area contributed by atoms with E-state index < -0.39 is 0 Å². The van der Waals surface area contributed by atoms with Crippen LogP contribution >= 0.6 is 0 Å². The van der Waals surface area contributed by atoms with Gasteiger partial charge in [-0.3, -0.25) is 9.67 Å². The molecule has 1 aromatic carbocycles. The van der Waals surface area contributed by atoms with Gasteiger partial charge in [0.25, 0.3) is 0 Å². The molecule has 2 N–H and O–H groups in total. The van der Waals surface area contributed by atoms with Gasteiger partial charge in [-0.15, -0.1) is 0 Å².